The number of carbonyl (C=O) groups is 1. The molecule has 27 heavy (non-hydrogen) atoms. The van der Waals surface area contributed by atoms with Crippen molar-refractivity contribution in [2.75, 3.05) is 26.2 Å². The lowest BCUT2D eigenvalue weighted by molar-refractivity contribution is -0.140. The highest BCUT2D eigenvalue weighted by atomic mass is 79.9. The Kier molecular flexibility index (Phi) is 1.79. The number of hydrogen-bond acceptors (Lipinski definition) is 4. The Bertz CT molecular complexity index is 1430. The number of nitrogens with zero attached hydrogens (tertiary/aromatic N) is 2. The van der Waals surface area contributed by atoms with Gasteiger partial charge in [-0.2, -0.15) is 0 Å². The number of rotatable bonds is 1. The zero-order valence-corrected chi connectivity index (χ0v) is 16.5. The Morgan fingerprint density at radius 3 is 2.78 bits per heavy atom. The second kappa shape index (κ2) is 6.96. The van der Waals surface area contributed by atoms with Crippen molar-refractivity contribution in [2.45, 2.75) is 81.1 Å². The van der Waals surface area contributed by atoms with E-state index in [9.17, 15) is 18.5 Å². The molecule has 5 aliphatic rings. The first-order valence-electron chi connectivity index (χ1n) is 18.8. The van der Waals surface area contributed by atoms with Crippen molar-refractivity contribution in [3.05, 3.63) is 0 Å². The smallest absolute Gasteiger partial charge is 0.227 e. The molecule has 2 aliphatic carbocycles. The average molecular weight is 460 g/mol. The molecule has 1 amide bonds. The maximum absolute atomic E-state index is 14.2. The number of piperazine rings is 1. The molecule has 0 aromatic heterocycles. The van der Waals surface area contributed by atoms with Crippen LogP contribution in [0.15, 0.2) is 0 Å². The molecule has 7 atom stereocenters. The van der Waals surface area contributed by atoms with Gasteiger partial charge in [-0.05, 0) is 37.8 Å². The van der Waals surface area contributed by atoms with Gasteiger partial charge in [0.2, 0.25) is 5.91 Å². The van der Waals surface area contributed by atoms with Crippen LogP contribution in [-0.2, 0) is 4.79 Å². The molecule has 0 spiro atoms. The molecular weight excluding hydrogens is 404 g/mol. The van der Waals surface area contributed by atoms with E-state index in [1.807, 2.05) is 0 Å². The molecule has 3 heterocycles. The van der Waals surface area contributed by atoms with E-state index in [0.29, 0.717) is 0 Å². The van der Waals surface area contributed by atoms with Gasteiger partial charge in [-0.15, -0.1) is 0 Å². The molecule has 3 saturated heterocycles. The molecule has 2 saturated carbocycles. The van der Waals surface area contributed by atoms with E-state index in [0.717, 1.165) is 18.7 Å². The summed E-state index contributed by atoms with van der Waals surface area (Å²) in [4.78, 5) is 11.0. The van der Waals surface area contributed by atoms with Crippen LogP contribution >= 0.6 is 15.9 Å². The molecule has 5 nitrogen and oxygen atoms in total. The van der Waals surface area contributed by atoms with E-state index in [1.165, 1.54) is 0 Å². The van der Waals surface area contributed by atoms with E-state index in [-0.39, 0.29) is 31.1 Å². The molecule has 6 heteroatoms. The van der Waals surface area contributed by atoms with Crippen LogP contribution in [0.1, 0.15) is 78.1 Å². The van der Waals surface area contributed by atoms with Gasteiger partial charge >= 0.3 is 0 Å². The fourth-order valence-electron chi connectivity index (χ4n) is 3.85. The van der Waals surface area contributed by atoms with Gasteiger partial charge in [0.1, 0.15) is 0 Å². The van der Waals surface area contributed by atoms with Gasteiger partial charge in [-0.1, -0.05) is 36.2 Å². The van der Waals surface area contributed by atoms with Crippen LogP contribution < -0.4 is 10.6 Å². The second-order valence-electron chi connectivity index (χ2n) is 7.30. The molecule has 0 radical (unpaired) electrons. The van der Waals surface area contributed by atoms with Gasteiger partial charge in [0.25, 0.3) is 0 Å². The number of halogens is 1. The van der Waals surface area contributed by atoms with Crippen molar-refractivity contribution in [1.82, 2.24) is 20.4 Å². The van der Waals surface area contributed by atoms with Gasteiger partial charge in [-0.3, -0.25) is 14.6 Å². The third kappa shape index (κ3) is 2.92. The standard InChI is InChI=1S/C21H35BrN4O/c1-21(2)14-7-6-13(25-10-8-23-9-11-25)12-17(14)26-16-5-3-4-15(22)18(16)19(27)24-20(21)26/h13-18,20,23H,3-12H2,1-2H3,(H,24,27)/i3D2,4D2,5D2,6D2,7D2,12D2,13D,14D,15D,16D,17D,18D,20D/hD. The third-order valence-electron chi connectivity index (χ3n) is 5.29. The fourth-order valence-corrected chi connectivity index (χ4v) is 4.30. The van der Waals surface area contributed by atoms with E-state index in [2.05, 4.69) is 21.2 Å². The molecule has 5 rings (SSSR count). The minimum absolute atomic E-state index is 0.0282. The first-order chi connectivity index (χ1) is 20.5. The third-order valence-corrected chi connectivity index (χ3v) is 5.88. The Morgan fingerprint density at radius 2 is 2.00 bits per heavy atom. The van der Waals surface area contributed by atoms with Crippen molar-refractivity contribution < 1.29 is 32.3 Å². The maximum atomic E-state index is 14.2. The van der Waals surface area contributed by atoms with Gasteiger partial charge in [0, 0.05) is 79.1 Å². The summed E-state index contributed by atoms with van der Waals surface area (Å²) in [5.74, 6) is -10.1. The van der Waals surface area contributed by atoms with Crippen molar-refractivity contribution in [3.63, 3.8) is 0 Å². The zero-order chi connectivity index (χ0) is 36.8. The highest BCUT2D eigenvalue weighted by molar-refractivity contribution is 9.09. The van der Waals surface area contributed by atoms with E-state index >= 15 is 0 Å². The van der Waals surface area contributed by atoms with Crippen LogP contribution in [0.5, 0.6) is 0 Å². The number of nitrogens with one attached hydrogen (secondary N) is 2. The topological polar surface area (TPSA) is 47.6 Å². The minimum atomic E-state index is -4.32. The Balaban J connectivity index is 2.06. The molecule has 152 valence electrons. The summed E-state index contributed by atoms with van der Waals surface area (Å²) in [5, 5.41) is 2.43. The average Bonchev–Trinajstić information content (AvgIpc) is 3.07. The molecule has 5 fully saturated rings. The van der Waals surface area contributed by atoms with E-state index in [4.69, 9.17) is 13.7 Å². The summed E-state index contributed by atoms with van der Waals surface area (Å²) < 4.78 is 183. The number of alkyl halides is 1. The highest BCUT2D eigenvalue weighted by Gasteiger charge is 2.62. The summed E-state index contributed by atoms with van der Waals surface area (Å²) in [6.45, 7) is 1.03. The molecule has 0 aromatic rings. The Morgan fingerprint density at radius 1 is 1.22 bits per heavy atom. The first-order valence-corrected chi connectivity index (χ1v) is 9.62. The maximum Gasteiger partial charge on any atom is 0.227 e. The quantitative estimate of drug-likeness (QED) is 0.590. The molecule has 2 N–H and O–H groups in total. The van der Waals surface area contributed by atoms with Gasteiger partial charge in [-0.25, -0.2) is 0 Å². The normalized spacial score (nSPS) is 89.1. The van der Waals surface area contributed by atoms with Crippen molar-refractivity contribution >= 4 is 21.8 Å². The van der Waals surface area contributed by atoms with Gasteiger partial charge < -0.3 is 10.6 Å². The molecule has 3 aliphatic heterocycles. The number of amides is 1. The Hall–Kier alpha value is -0.170. The van der Waals surface area contributed by atoms with Crippen molar-refractivity contribution in [2.24, 2.45) is 17.2 Å². The predicted octanol–water partition coefficient (Wildman–Crippen LogP) is 2.16. The van der Waals surface area contributed by atoms with Crippen LogP contribution in [0.3, 0.4) is 0 Å². The van der Waals surface area contributed by atoms with Gasteiger partial charge in [0.05, 0.1) is 13.4 Å². The number of fused-ring (bicyclic) bond motifs is 5. The first kappa shape index (κ1) is 6.93. The molecule has 0 bridgehead atoms. The highest BCUT2D eigenvalue weighted by Crippen LogP contribution is 2.55. The van der Waals surface area contributed by atoms with E-state index < -0.39 is 95.7 Å². The largest absolute Gasteiger partial charge is 0.340 e. The lowest BCUT2D eigenvalue weighted by Crippen LogP contribution is -2.67. The Labute approximate surface area is 200 Å². The fraction of sp³-hybridized carbons (Fsp3) is 0.952. The van der Waals surface area contributed by atoms with Crippen molar-refractivity contribution in [3.8, 4) is 0 Å². The molecule has 7 unspecified atom stereocenters. The van der Waals surface area contributed by atoms with Crippen LogP contribution in [0.4, 0.5) is 0 Å². The van der Waals surface area contributed by atoms with Gasteiger partial charge in [0.15, 0.2) is 1.41 Å². The summed E-state index contributed by atoms with van der Waals surface area (Å²) in [5.41, 5.74) is -2.92. The summed E-state index contributed by atoms with van der Waals surface area (Å²) in [6.07, 6.45) is -27.7. The van der Waals surface area contributed by atoms with Crippen molar-refractivity contribution in [1.29, 1.82) is 0 Å². The van der Waals surface area contributed by atoms with Crippen LogP contribution in [-0.4, -0.2) is 70.9 Å². The van der Waals surface area contributed by atoms with Crippen LogP contribution in [0.25, 0.3) is 0 Å². The zero-order valence-electron chi connectivity index (χ0n) is 35.0. The predicted molar refractivity (Wildman–Crippen MR) is 111 cm³/mol. The molecular formula is C21H35BrN4O. The second-order valence-corrected chi connectivity index (χ2v) is 8.09. The number of hydrogen-bond donors (Lipinski definition) is 2. The minimum Gasteiger partial charge on any atom is -0.340 e. The monoisotopic (exact) mass is 458 g/mol. The lowest BCUT2D eigenvalue weighted by Gasteiger charge is -2.51. The SMILES string of the molecule is [2H]N1C(=O)C2([2H])C([2H])(Br)C([2H])([2H])C([2H])([2H])C([2H])([2H])C2([2H])N2C1([2H])C(C)(C)C1([2H])C([2H])([2H])C([2H])([2H])C([2H])(N3CCNCC3)C([2H])([2H])C21[2H]. The van der Waals surface area contributed by atoms with Crippen LogP contribution in [0.2, 0.25) is 1.41 Å². The summed E-state index contributed by atoms with van der Waals surface area (Å²) >= 11 is 2.53. The van der Waals surface area contributed by atoms with Crippen LogP contribution in [0, 0.1) is 17.2 Å². The molecule has 0 aromatic carbocycles. The number of carbonyl (C=O) groups excluding carboxylic acids is 1. The summed E-state index contributed by atoms with van der Waals surface area (Å²) in [7, 11) is 0. The van der Waals surface area contributed by atoms with E-state index in [1.54, 1.807) is 0 Å². The summed E-state index contributed by atoms with van der Waals surface area (Å²) in [6, 6.07) is -12.0. The lowest BCUT2D eigenvalue weighted by atomic mass is 9.69.